The highest BCUT2D eigenvalue weighted by Gasteiger charge is 2.22. The van der Waals surface area contributed by atoms with Gasteiger partial charge in [0.15, 0.2) is 0 Å². The Labute approximate surface area is 115 Å². The molecule has 0 fully saturated rings. The van der Waals surface area contributed by atoms with Crippen molar-refractivity contribution in [1.82, 2.24) is 10.3 Å². The summed E-state index contributed by atoms with van der Waals surface area (Å²) < 4.78 is 5.40. The average molecular weight is 270 g/mol. The Bertz CT molecular complexity index is 355. The predicted octanol–water partition coefficient (Wildman–Crippen LogP) is 3.13. The number of nitrogens with zero attached hydrogens (tertiary/aromatic N) is 1. The zero-order valence-electron chi connectivity index (χ0n) is 12.3. The molecular weight excluding hydrogens is 244 g/mol. The molecule has 0 spiro atoms. The molecule has 1 aromatic heterocycles. The first-order valence-corrected chi connectivity index (χ1v) is 7.58. The third kappa shape index (κ3) is 4.67. The fourth-order valence-electron chi connectivity index (χ4n) is 1.76. The first-order chi connectivity index (χ1) is 8.49. The van der Waals surface area contributed by atoms with E-state index in [1.165, 1.54) is 15.6 Å². The predicted molar refractivity (Wildman–Crippen MR) is 78.4 cm³/mol. The molecule has 104 valence electrons. The highest BCUT2D eigenvalue weighted by molar-refractivity contribution is 7.11. The summed E-state index contributed by atoms with van der Waals surface area (Å²) in [6.45, 7) is 14.3. The molecule has 0 aromatic carbocycles. The largest absolute Gasteiger partial charge is 0.381 e. The highest BCUT2D eigenvalue weighted by atomic mass is 32.1. The van der Waals surface area contributed by atoms with Crippen LogP contribution in [0.4, 0.5) is 0 Å². The van der Waals surface area contributed by atoms with Gasteiger partial charge in [0.05, 0.1) is 17.3 Å². The van der Waals surface area contributed by atoms with Crippen LogP contribution in [-0.2, 0) is 23.1 Å². The molecule has 0 radical (unpaired) electrons. The lowest BCUT2D eigenvalue weighted by molar-refractivity contribution is 0.151. The molecule has 3 nitrogen and oxygen atoms in total. The molecule has 0 atom stereocenters. The second-order valence-electron chi connectivity index (χ2n) is 5.36. The van der Waals surface area contributed by atoms with Gasteiger partial charge >= 0.3 is 0 Å². The molecule has 0 aliphatic rings. The van der Waals surface area contributed by atoms with Crippen LogP contribution >= 0.6 is 11.3 Å². The van der Waals surface area contributed by atoms with Crippen LogP contribution in [0.15, 0.2) is 0 Å². The van der Waals surface area contributed by atoms with Gasteiger partial charge in [-0.15, -0.1) is 11.3 Å². The third-order valence-electron chi connectivity index (χ3n) is 2.65. The fraction of sp³-hybridized carbons (Fsp3) is 0.786. The Morgan fingerprint density at radius 1 is 1.28 bits per heavy atom. The standard InChI is InChI=1S/C14H26N2OS/c1-6-15-10-11-13(14(3,4)5)16-12(18-11)8-9-17-7-2/h15H,6-10H2,1-5H3. The molecule has 1 rings (SSSR count). The molecule has 0 saturated carbocycles. The Kier molecular flexibility index (Phi) is 6.26. The van der Waals surface area contributed by atoms with Crippen LogP contribution < -0.4 is 5.32 Å². The van der Waals surface area contributed by atoms with E-state index in [0.717, 1.165) is 32.7 Å². The number of ether oxygens (including phenoxy) is 1. The van der Waals surface area contributed by atoms with Crippen LogP contribution in [0.25, 0.3) is 0 Å². The van der Waals surface area contributed by atoms with Gasteiger partial charge < -0.3 is 10.1 Å². The van der Waals surface area contributed by atoms with Crippen LogP contribution in [0.3, 0.4) is 0 Å². The molecule has 4 heteroatoms. The van der Waals surface area contributed by atoms with Gasteiger partial charge in [-0.2, -0.15) is 0 Å². The number of thiazole rings is 1. The minimum absolute atomic E-state index is 0.116. The van der Waals surface area contributed by atoms with Crippen LogP contribution in [-0.4, -0.2) is 24.7 Å². The summed E-state index contributed by atoms with van der Waals surface area (Å²) in [6.07, 6.45) is 0.924. The third-order valence-corrected chi connectivity index (χ3v) is 3.77. The number of hydrogen-bond acceptors (Lipinski definition) is 4. The molecule has 1 aromatic rings. The van der Waals surface area contributed by atoms with Crippen LogP contribution in [0.2, 0.25) is 0 Å². The first kappa shape index (κ1) is 15.6. The van der Waals surface area contributed by atoms with E-state index in [0.29, 0.717) is 0 Å². The Morgan fingerprint density at radius 3 is 2.56 bits per heavy atom. The minimum atomic E-state index is 0.116. The monoisotopic (exact) mass is 270 g/mol. The van der Waals surface area contributed by atoms with E-state index in [1.54, 1.807) is 0 Å². The molecule has 0 aliphatic carbocycles. The van der Waals surface area contributed by atoms with Gasteiger partial charge in [-0.1, -0.05) is 27.7 Å². The van der Waals surface area contributed by atoms with E-state index in [-0.39, 0.29) is 5.41 Å². The number of aromatic nitrogens is 1. The summed E-state index contributed by atoms with van der Waals surface area (Å²) in [7, 11) is 0. The zero-order valence-corrected chi connectivity index (χ0v) is 13.1. The molecule has 18 heavy (non-hydrogen) atoms. The zero-order chi connectivity index (χ0) is 13.6. The van der Waals surface area contributed by atoms with Gasteiger partial charge in [-0.25, -0.2) is 4.98 Å². The van der Waals surface area contributed by atoms with Crippen LogP contribution in [0.5, 0.6) is 0 Å². The summed E-state index contributed by atoms with van der Waals surface area (Å²) >= 11 is 1.82. The first-order valence-electron chi connectivity index (χ1n) is 6.76. The van der Waals surface area contributed by atoms with Gasteiger partial charge in [0, 0.05) is 29.9 Å². The smallest absolute Gasteiger partial charge is 0.0954 e. The van der Waals surface area contributed by atoms with Crippen molar-refractivity contribution in [2.24, 2.45) is 0 Å². The van der Waals surface area contributed by atoms with Gasteiger partial charge in [-0.3, -0.25) is 0 Å². The van der Waals surface area contributed by atoms with Gasteiger partial charge in [-0.05, 0) is 13.5 Å². The summed E-state index contributed by atoms with van der Waals surface area (Å²) in [5.41, 5.74) is 1.35. The van der Waals surface area contributed by atoms with Crippen molar-refractivity contribution in [3.8, 4) is 0 Å². The van der Waals surface area contributed by atoms with E-state index in [2.05, 4.69) is 33.0 Å². The highest BCUT2D eigenvalue weighted by Crippen LogP contribution is 2.29. The average Bonchev–Trinajstić information content (AvgIpc) is 2.70. The quantitative estimate of drug-likeness (QED) is 0.773. The lowest BCUT2D eigenvalue weighted by Gasteiger charge is -2.17. The SMILES string of the molecule is CCNCc1sc(CCOCC)nc1C(C)(C)C. The Balaban J connectivity index is 2.79. The molecular formula is C14H26N2OS. The fourth-order valence-corrected chi connectivity index (χ4v) is 2.98. The summed E-state index contributed by atoms with van der Waals surface area (Å²) in [4.78, 5) is 6.18. The van der Waals surface area contributed by atoms with Crippen molar-refractivity contribution < 1.29 is 4.74 Å². The molecule has 0 aliphatic heterocycles. The maximum Gasteiger partial charge on any atom is 0.0954 e. The van der Waals surface area contributed by atoms with E-state index >= 15 is 0 Å². The van der Waals surface area contributed by atoms with Gasteiger partial charge in [0.1, 0.15) is 0 Å². The van der Waals surface area contributed by atoms with E-state index < -0.39 is 0 Å². The van der Waals surface area contributed by atoms with Crippen LogP contribution in [0.1, 0.15) is 50.2 Å². The van der Waals surface area contributed by atoms with Crippen molar-refractivity contribution in [2.75, 3.05) is 19.8 Å². The lowest BCUT2D eigenvalue weighted by atomic mass is 9.91. The molecule has 1 N–H and O–H groups in total. The molecule has 0 bridgehead atoms. The second-order valence-corrected chi connectivity index (χ2v) is 6.52. The molecule has 1 heterocycles. The summed E-state index contributed by atoms with van der Waals surface area (Å²) in [5.74, 6) is 0. The Hall–Kier alpha value is -0.450. The van der Waals surface area contributed by atoms with Gasteiger partial charge in [0.2, 0.25) is 0 Å². The summed E-state index contributed by atoms with van der Waals surface area (Å²) in [5, 5.41) is 4.59. The van der Waals surface area contributed by atoms with Crippen LogP contribution in [0, 0.1) is 0 Å². The van der Waals surface area contributed by atoms with E-state index in [1.807, 2.05) is 18.3 Å². The minimum Gasteiger partial charge on any atom is -0.381 e. The van der Waals surface area contributed by atoms with Crippen molar-refractivity contribution in [2.45, 2.75) is 53.0 Å². The number of hydrogen-bond donors (Lipinski definition) is 1. The normalized spacial score (nSPS) is 12.1. The second kappa shape index (κ2) is 7.22. The molecule has 0 amide bonds. The number of nitrogens with one attached hydrogen (secondary N) is 1. The topological polar surface area (TPSA) is 34.1 Å². The maximum atomic E-state index is 5.40. The Morgan fingerprint density at radius 2 is 2.00 bits per heavy atom. The number of rotatable bonds is 7. The summed E-state index contributed by atoms with van der Waals surface area (Å²) in [6, 6.07) is 0. The van der Waals surface area contributed by atoms with Crippen molar-refractivity contribution in [3.63, 3.8) is 0 Å². The maximum absolute atomic E-state index is 5.40. The van der Waals surface area contributed by atoms with E-state index in [9.17, 15) is 0 Å². The van der Waals surface area contributed by atoms with Crippen molar-refractivity contribution in [1.29, 1.82) is 0 Å². The van der Waals surface area contributed by atoms with E-state index in [4.69, 9.17) is 9.72 Å². The van der Waals surface area contributed by atoms with Gasteiger partial charge in [0.25, 0.3) is 0 Å². The molecule has 0 unspecified atom stereocenters. The lowest BCUT2D eigenvalue weighted by Crippen LogP contribution is -2.18. The van der Waals surface area contributed by atoms with Crippen molar-refractivity contribution >= 4 is 11.3 Å². The molecule has 0 saturated heterocycles. The van der Waals surface area contributed by atoms with Crippen molar-refractivity contribution in [3.05, 3.63) is 15.6 Å².